The molecule has 1 atom stereocenters. The van der Waals surface area contributed by atoms with E-state index in [0.717, 1.165) is 0 Å². The van der Waals surface area contributed by atoms with E-state index in [0.29, 0.717) is 16.2 Å². The van der Waals surface area contributed by atoms with Gasteiger partial charge in [0.2, 0.25) is 5.91 Å². The lowest BCUT2D eigenvalue weighted by Gasteiger charge is -2.22. The van der Waals surface area contributed by atoms with Crippen LogP contribution in [0.5, 0.6) is 5.75 Å². The molecule has 1 aromatic rings. The van der Waals surface area contributed by atoms with Crippen LogP contribution in [0.25, 0.3) is 0 Å². The third-order valence-electron chi connectivity index (χ3n) is 3.87. The van der Waals surface area contributed by atoms with Gasteiger partial charge in [0, 0.05) is 6.42 Å². The van der Waals surface area contributed by atoms with Crippen LogP contribution in [0, 0.1) is 0 Å². The van der Waals surface area contributed by atoms with Crippen LogP contribution >= 0.6 is 0 Å². The molecule has 26 heavy (non-hydrogen) atoms. The van der Waals surface area contributed by atoms with Crippen molar-refractivity contribution in [2.75, 3.05) is 20.2 Å². The standard InChI is InChI=1S/C16H18F3N3O4/c1-15(7-10-5-3-4-6-11(10)26-2)13(24)22(14(25)21-15)8-12(23)20-9-16(17,18)19/h3-6H,7-9H2,1-2H3,(H,20,23)(H,21,25)/t15-/m0/s1. The minimum Gasteiger partial charge on any atom is -0.496 e. The fraction of sp³-hybridized carbons (Fsp3) is 0.438. The molecule has 10 heteroatoms. The summed E-state index contributed by atoms with van der Waals surface area (Å²) in [5, 5.41) is 4.12. The van der Waals surface area contributed by atoms with E-state index < -0.39 is 42.7 Å². The number of carbonyl (C=O) groups is 3. The summed E-state index contributed by atoms with van der Waals surface area (Å²) in [5.41, 5.74) is -0.676. The number of nitrogens with zero attached hydrogens (tertiary/aromatic N) is 1. The van der Waals surface area contributed by atoms with Gasteiger partial charge in [0.05, 0.1) is 7.11 Å². The Morgan fingerprint density at radius 1 is 1.31 bits per heavy atom. The molecule has 7 nitrogen and oxygen atoms in total. The molecule has 1 aromatic carbocycles. The maximum Gasteiger partial charge on any atom is 0.405 e. The number of hydrogen-bond acceptors (Lipinski definition) is 4. The number of imide groups is 1. The highest BCUT2D eigenvalue weighted by molar-refractivity contribution is 6.09. The Hall–Kier alpha value is -2.78. The Labute approximate surface area is 147 Å². The monoisotopic (exact) mass is 373 g/mol. The maximum absolute atomic E-state index is 12.6. The molecule has 0 radical (unpaired) electrons. The van der Waals surface area contributed by atoms with Crippen molar-refractivity contribution in [1.82, 2.24) is 15.5 Å². The Kier molecular flexibility index (Phi) is 5.43. The van der Waals surface area contributed by atoms with Gasteiger partial charge in [-0.25, -0.2) is 4.79 Å². The largest absolute Gasteiger partial charge is 0.496 e. The number of ether oxygens (including phenoxy) is 1. The summed E-state index contributed by atoms with van der Waals surface area (Å²) < 4.78 is 41.6. The van der Waals surface area contributed by atoms with Gasteiger partial charge in [0.25, 0.3) is 5.91 Å². The van der Waals surface area contributed by atoms with Crippen LogP contribution in [0.1, 0.15) is 12.5 Å². The number of amides is 4. The summed E-state index contributed by atoms with van der Waals surface area (Å²) in [7, 11) is 1.47. The lowest BCUT2D eigenvalue weighted by molar-refractivity contribution is -0.141. The van der Waals surface area contributed by atoms with Gasteiger partial charge in [-0.05, 0) is 18.6 Å². The molecule has 1 aliphatic rings. The number of carbonyl (C=O) groups excluding carboxylic acids is 3. The number of alkyl halides is 3. The molecule has 0 saturated carbocycles. The second kappa shape index (κ2) is 7.22. The zero-order valence-electron chi connectivity index (χ0n) is 14.1. The van der Waals surface area contributed by atoms with Crippen LogP contribution in [0.15, 0.2) is 24.3 Å². The Morgan fingerprint density at radius 2 is 1.96 bits per heavy atom. The molecule has 1 aliphatic heterocycles. The van der Waals surface area contributed by atoms with Gasteiger partial charge in [-0.2, -0.15) is 13.2 Å². The molecule has 1 saturated heterocycles. The quantitative estimate of drug-likeness (QED) is 0.735. The number of hydrogen-bond donors (Lipinski definition) is 2. The summed E-state index contributed by atoms with van der Waals surface area (Å²) in [6, 6.07) is 6.07. The van der Waals surface area contributed by atoms with Crippen molar-refractivity contribution >= 4 is 17.8 Å². The minimum atomic E-state index is -4.58. The first-order valence-electron chi connectivity index (χ1n) is 7.65. The zero-order valence-corrected chi connectivity index (χ0v) is 14.1. The average Bonchev–Trinajstić information content (AvgIpc) is 2.76. The summed E-state index contributed by atoms with van der Waals surface area (Å²) in [4.78, 5) is 36.8. The lowest BCUT2D eigenvalue weighted by atomic mass is 9.92. The van der Waals surface area contributed by atoms with Gasteiger partial charge in [0.1, 0.15) is 24.4 Å². The van der Waals surface area contributed by atoms with Gasteiger partial charge in [-0.1, -0.05) is 18.2 Å². The normalized spacial score (nSPS) is 20.1. The van der Waals surface area contributed by atoms with Gasteiger partial charge in [0.15, 0.2) is 0 Å². The number of rotatable bonds is 6. The molecule has 142 valence electrons. The summed E-state index contributed by atoms with van der Waals surface area (Å²) in [6.45, 7) is -0.844. The Bertz CT molecular complexity index is 723. The average molecular weight is 373 g/mol. The van der Waals surface area contributed by atoms with Crippen molar-refractivity contribution in [2.45, 2.75) is 25.1 Å². The lowest BCUT2D eigenvalue weighted by Crippen LogP contribution is -2.47. The predicted octanol–water partition coefficient (Wildman–Crippen LogP) is 1.23. The molecule has 0 spiro atoms. The molecule has 4 amide bonds. The van der Waals surface area contributed by atoms with Crippen molar-refractivity contribution in [1.29, 1.82) is 0 Å². The molecular formula is C16H18F3N3O4. The third-order valence-corrected chi connectivity index (χ3v) is 3.87. The molecule has 2 rings (SSSR count). The molecule has 0 bridgehead atoms. The molecule has 1 heterocycles. The van der Waals surface area contributed by atoms with Crippen LogP contribution in [-0.4, -0.2) is 54.7 Å². The van der Waals surface area contributed by atoms with Gasteiger partial charge < -0.3 is 15.4 Å². The molecule has 2 N–H and O–H groups in total. The van der Waals surface area contributed by atoms with Crippen molar-refractivity contribution < 1.29 is 32.3 Å². The van der Waals surface area contributed by atoms with Crippen LogP contribution in [0.2, 0.25) is 0 Å². The van der Waals surface area contributed by atoms with Gasteiger partial charge >= 0.3 is 12.2 Å². The second-order valence-electron chi connectivity index (χ2n) is 6.03. The number of methoxy groups -OCH3 is 1. The van der Waals surface area contributed by atoms with Crippen molar-refractivity contribution in [3.8, 4) is 5.75 Å². The summed E-state index contributed by atoms with van der Waals surface area (Å²) in [5.74, 6) is -1.25. The van der Waals surface area contributed by atoms with Crippen molar-refractivity contribution in [3.05, 3.63) is 29.8 Å². The van der Waals surface area contributed by atoms with Crippen LogP contribution in [0.3, 0.4) is 0 Å². The SMILES string of the molecule is COc1ccccc1C[C@]1(C)NC(=O)N(CC(=O)NCC(F)(F)F)C1=O. The molecule has 0 aliphatic carbocycles. The summed E-state index contributed by atoms with van der Waals surface area (Å²) >= 11 is 0. The zero-order chi connectivity index (χ0) is 19.5. The number of benzene rings is 1. The van der Waals surface area contributed by atoms with Crippen LogP contribution in [-0.2, 0) is 16.0 Å². The number of urea groups is 1. The number of nitrogens with one attached hydrogen (secondary N) is 2. The van der Waals surface area contributed by atoms with E-state index in [1.54, 1.807) is 29.6 Å². The first-order valence-corrected chi connectivity index (χ1v) is 7.65. The van der Waals surface area contributed by atoms with Crippen LogP contribution < -0.4 is 15.4 Å². The highest BCUT2D eigenvalue weighted by Gasteiger charge is 2.48. The van der Waals surface area contributed by atoms with E-state index in [9.17, 15) is 27.6 Å². The minimum absolute atomic E-state index is 0.0995. The highest BCUT2D eigenvalue weighted by Crippen LogP contribution is 2.27. The smallest absolute Gasteiger partial charge is 0.405 e. The second-order valence-corrected chi connectivity index (χ2v) is 6.03. The Balaban J connectivity index is 2.08. The van der Waals surface area contributed by atoms with E-state index in [1.807, 2.05) is 0 Å². The number of halogens is 3. The molecule has 0 aromatic heterocycles. The van der Waals surface area contributed by atoms with Gasteiger partial charge in [-0.15, -0.1) is 0 Å². The summed E-state index contributed by atoms with van der Waals surface area (Å²) in [6.07, 6.45) is -4.48. The van der Waals surface area contributed by atoms with E-state index in [2.05, 4.69) is 5.32 Å². The van der Waals surface area contributed by atoms with Crippen molar-refractivity contribution in [2.24, 2.45) is 0 Å². The predicted molar refractivity (Wildman–Crippen MR) is 84.4 cm³/mol. The topological polar surface area (TPSA) is 87.7 Å². The van der Waals surface area contributed by atoms with E-state index in [-0.39, 0.29) is 6.42 Å². The molecule has 1 fully saturated rings. The molecule has 0 unspecified atom stereocenters. The van der Waals surface area contributed by atoms with Crippen LogP contribution in [0.4, 0.5) is 18.0 Å². The first-order chi connectivity index (χ1) is 12.1. The third kappa shape index (κ3) is 4.44. The Morgan fingerprint density at radius 3 is 2.58 bits per heavy atom. The maximum atomic E-state index is 12.6. The van der Waals surface area contributed by atoms with Crippen molar-refractivity contribution in [3.63, 3.8) is 0 Å². The van der Waals surface area contributed by atoms with E-state index in [1.165, 1.54) is 14.0 Å². The number of para-hydroxylation sites is 1. The van der Waals surface area contributed by atoms with E-state index in [4.69, 9.17) is 4.74 Å². The highest BCUT2D eigenvalue weighted by atomic mass is 19.4. The first kappa shape index (κ1) is 19.5. The van der Waals surface area contributed by atoms with Gasteiger partial charge in [-0.3, -0.25) is 14.5 Å². The molecular weight excluding hydrogens is 355 g/mol. The fourth-order valence-corrected chi connectivity index (χ4v) is 2.64. The van der Waals surface area contributed by atoms with E-state index >= 15 is 0 Å². The fourth-order valence-electron chi connectivity index (χ4n) is 2.64.